The molecule has 0 bridgehead atoms. The van der Waals surface area contributed by atoms with Gasteiger partial charge in [-0.25, -0.2) is 9.59 Å². The summed E-state index contributed by atoms with van der Waals surface area (Å²) in [6.45, 7) is -0.211. The zero-order valence-corrected chi connectivity index (χ0v) is 10.4. The van der Waals surface area contributed by atoms with E-state index in [0.717, 1.165) is 0 Å². The predicted molar refractivity (Wildman–Crippen MR) is 68.6 cm³/mol. The molecule has 0 aromatic heterocycles. The Morgan fingerprint density at radius 3 is 2.50 bits per heavy atom. The lowest BCUT2D eigenvalue weighted by molar-refractivity contribution is -0.384. The summed E-state index contributed by atoms with van der Waals surface area (Å²) in [5.41, 5.74) is 0.331. The van der Waals surface area contributed by atoms with Crippen LogP contribution < -0.4 is 10.6 Å². The highest BCUT2D eigenvalue weighted by molar-refractivity contribution is 5.89. The van der Waals surface area contributed by atoms with E-state index in [2.05, 4.69) is 10.6 Å². The summed E-state index contributed by atoms with van der Waals surface area (Å²) in [7, 11) is 0. The SMILES string of the molecule is O=C(O)COCCNC(=O)Nc1ccc([N+](=O)[O-])cc1. The Morgan fingerprint density at radius 2 is 1.95 bits per heavy atom. The minimum atomic E-state index is -1.08. The molecule has 0 atom stereocenters. The van der Waals surface area contributed by atoms with Crippen molar-refractivity contribution in [3.05, 3.63) is 34.4 Å². The molecule has 0 fully saturated rings. The second-order valence-electron chi connectivity index (χ2n) is 3.63. The van der Waals surface area contributed by atoms with Crippen molar-refractivity contribution in [1.82, 2.24) is 5.32 Å². The Morgan fingerprint density at radius 1 is 1.30 bits per heavy atom. The summed E-state index contributed by atoms with van der Waals surface area (Å²) in [6, 6.07) is 4.83. The Hall–Kier alpha value is -2.68. The molecule has 1 aromatic carbocycles. The van der Waals surface area contributed by atoms with Crippen LogP contribution in [0.1, 0.15) is 0 Å². The van der Waals surface area contributed by atoms with E-state index < -0.39 is 23.5 Å². The fourth-order valence-corrected chi connectivity index (χ4v) is 1.24. The van der Waals surface area contributed by atoms with Crippen molar-refractivity contribution in [3.8, 4) is 0 Å². The van der Waals surface area contributed by atoms with E-state index in [4.69, 9.17) is 9.84 Å². The Balaban J connectivity index is 2.28. The van der Waals surface area contributed by atoms with Gasteiger partial charge in [0.2, 0.25) is 0 Å². The number of urea groups is 1. The summed E-state index contributed by atoms with van der Waals surface area (Å²) < 4.78 is 4.72. The molecule has 1 rings (SSSR count). The van der Waals surface area contributed by atoms with Crippen molar-refractivity contribution in [2.45, 2.75) is 0 Å². The summed E-state index contributed by atoms with van der Waals surface area (Å²) in [5, 5.41) is 23.6. The monoisotopic (exact) mass is 283 g/mol. The van der Waals surface area contributed by atoms with E-state index in [9.17, 15) is 19.7 Å². The second kappa shape index (κ2) is 7.69. The van der Waals surface area contributed by atoms with Crippen LogP contribution in [0.4, 0.5) is 16.2 Å². The molecular formula is C11H13N3O6. The van der Waals surface area contributed by atoms with Gasteiger partial charge in [0.15, 0.2) is 0 Å². The number of carboxylic acids is 1. The fraction of sp³-hybridized carbons (Fsp3) is 0.273. The number of carbonyl (C=O) groups excluding carboxylic acids is 1. The largest absolute Gasteiger partial charge is 0.480 e. The average molecular weight is 283 g/mol. The van der Waals surface area contributed by atoms with Gasteiger partial charge in [0.1, 0.15) is 6.61 Å². The van der Waals surface area contributed by atoms with Crippen molar-refractivity contribution in [3.63, 3.8) is 0 Å². The molecule has 1 aromatic rings. The molecular weight excluding hydrogens is 270 g/mol. The molecule has 3 N–H and O–H groups in total. The molecule has 0 heterocycles. The summed E-state index contributed by atoms with van der Waals surface area (Å²) in [6.07, 6.45) is 0. The van der Waals surface area contributed by atoms with Crippen molar-refractivity contribution >= 4 is 23.4 Å². The van der Waals surface area contributed by atoms with Gasteiger partial charge in [-0.3, -0.25) is 10.1 Å². The first-order valence-electron chi connectivity index (χ1n) is 5.58. The number of hydrogen-bond acceptors (Lipinski definition) is 5. The highest BCUT2D eigenvalue weighted by atomic mass is 16.6. The van der Waals surface area contributed by atoms with Crippen LogP contribution in [0.25, 0.3) is 0 Å². The van der Waals surface area contributed by atoms with Gasteiger partial charge in [0.25, 0.3) is 5.69 Å². The zero-order valence-electron chi connectivity index (χ0n) is 10.4. The summed E-state index contributed by atoms with van der Waals surface area (Å²) in [4.78, 5) is 31.4. The highest BCUT2D eigenvalue weighted by Crippen LogP contribution is 2.14. The van der Waals surface area contributed by atoms with Crippen molar-refractivity contribution in [2.24, 2.45) is 0 Å². The maximum atomic E-state index is 11.4. The number of ether oxygens (including phenoxy) is 1. The van der Waals surface area contributed by atoms with E-state index in [1.54, 1.807) is 0 Å². The first-order valence-corrected chi connectivity index (χ1v) is 5.58. The van der Waals surface area contributed by atoms with E-state index in [1.165, 1.54) is 24.3 Å². The molecule has 20 heavy (non-hydrogen) atoms. The predicted octanol–water partition coefficient (Wildman–Crippen LogP) is 0.818. The number of nitro benzene ring substituents is 1. The third-order valence-corrected chi connectivity index (χ3v) is 2.09. The van der Waals surface area contributed by atoms with Gasteiger partial charge < -0.3 is 20.5 Å². The maximum Gasteiger partial charge on any atom is 0.329 e. The minimum Gasteiger partial charge on any atom is -0.480 e. The minimum absolute atomic E-state index is 0.0694. The van der Waals surface area contributed by atoms with Crippen LogP contribution >= 0.6 is 0 Å². The van der Waals surface area contributed by atoms with E-state index in [1.807, 2.05) is 0 Å². The zero-order chi connectivity index (χ0) is 15.0. The van der Waals surface area contributed by atoms with Gasteiger partial charge in [0, 0.05) is 24.4 Å². The molecule has 0 spiro atoms. The number of nitrogens with one attached hydrogen (secondary N) is 2. The third-order valence-electron chi connectivity index (χ3n) is 2.09. The number of nitro groups is 1. The number of nitrogens with zero attached hydrogens (tertiary/aromatic N) is 1. The third kappa shape index (κ3) is 5.78. The van der Waals surface area contributed by atoms with Crippen molar-refractivity contribution in [2.75, 3.05) is 25.1 Å². The first kappa shape index (κ1) is 15.4. The molecule has 0 saturated carbocycles. The van der Waals surface area contributed by atoms with Gasteiger partial charge in [-0.1, -0.05) is 0 Å². The van der Waals surface area contributed by atoms with E-state index in [-0.39, 0.29) is 18.8 Å². The Bertz CT molecular complexity index is 487. The molecule has 108 valence electrons. The standard InChI is InChI=1S/C11H13N3O6/c15-10(16)7-20-6-5-12-11(17)13-8-1-3-9(4-2-8)14(18)19/h1-4H,5-7H2,(H,15,16)(H2,12,13,17). The highest BCUT2D eigenvalue weighted by Gasteiger charge is 2.06. The first-order chi connectivity index (χ1) is 9.49. The molecule has 0 aliphatic rings. The molecule has 0 aliphatic carbocycles. The Labute approximate surface area is 113 Å². The number of carboxylic acid groups (broad SMARTS) is 1. The number of amides is 2. The number of rotatable bonds is 7. The van der Waals surface area contributed by atoms with Gasteiger partial charge >= 0.3 is 12.0 Å². The maximum absolute atomic E-state index is 11.4. The van der Waals surface area contributed by atoms with Crippen LogP contribution in [0.2, 0.25) is 0 Å². The summed E-state index contributed by atoms with van der Waals surface area (Å²) >= 11 is 0. The number of hydrogen-bond donors (Lipinski definition) is 3. The molecule has 2 amide bonds. The lowest BCUT2D eigenvalue weighted by atomic mass is 10.3. The lowest BCUT2D eigenvalue weighted by Gasteiger charge is -2.07. The van der Waals surface area contributed by atoms with Crippen LogP contribution in [-0.2, 0) is 9.53 Å². The molecule has 0 unspecified atom stereocenters. The van der Waals surface area contributed by atoms with Crippen LogP contribution in [0.5, 0.6) is 0 Å². The van der Waals surface area contributed by atoms with Gasteiger partial charge in [-0.15, -0.1) is 0 Å². The van der Waals surface area contributed by atoms with Crippen molar-refractivity contribution < 1.29 is 24.4 Å². The van der Waals surface area contributed by atoms with Crippen LogP contribution in [-0.4, -0.2) is 41.8 Å². The molecule has 9 nitrogen and oxygen atoms in total. The number of benzene rings is 1. The van der Waals surface area contributed by atoms with Gasteiger partial charge in [0.05, 0.1) is 11.5 Å². The lowest BCUT2D eigenvalue weighted by Crippen LogP contribution is -2.31. The molecule has 0 radical (unpaired) electrons. The normalized spacial score (nSPS) is 9.80. The Kier molecular flexibility index (Phi) is 5.91. The van der Waals surface area contributed by atoms with E-state index >= 15 is 0 Å². The number of anilines is 1. The van der Waals surface area contributed by atoms with Crippen LogP contribution in [0.15, 0.2) is 24.3 Å². The summed E-state index contributed by atoms with van der Waals surface area (Å²) in [5.74, 6) is -1.08. The fourth-order valence-electron chi connectivity index (χ4n) is 1.24. The van der Waals surface area contributed by atoms with Crippen LogP contribution in [0, 0.1) is 10.1 Å². The van der Waals surface area contributed by atoms with Crippen LogP contribution in [0.3, 0.4) is 0 Å². The molecule has 0 aliphatic heterocycles. The topological polar surface area (TPSA) is 131 Å². The quantitative estimate of drug-likeness (QED) is 0.385. The molecule has 0 saturated heterocycles. The van der Waals surface area contributed by atoms with Gasteiger partial charge in [-0.05, 0) is 12.1 Å². The second-order valence-corrected chi connectivity index (χ2v) is 3.63. The van der Waals surface area contributed by atoms with Gasteiger partial charge in [-0.2, -0.15) is 0 Å². The molecule has 9 heteroatoms. The van der Waals surface area contributed by atoms with Crippen molar-refractivity contribution in [1.29, 1.82) is 0 Å². The number of non-ortho nitro benzene ring substituents is 1. The number of carbonyl (C=O) groups is 2. The van der Waals surface area contributed by atoms with E-state index in [0.29, 0.717) is 5.69 Å². The number of aliphatic carboxylic acids is 1. The average Bonchev–Trinajstić information content (AvgIpc) is 2.38. The smallest absolute Gasteiger partial charge is 0.329 e.